The van der Waals surface area contributed by atoms with Crippen LogP contribution in [0.25, 0.3) is 10.4 Å². The minimum absolute atomic E-state index is 0.0590. The van der Waals surface area contributed by atoms with E-state index in [-0.39, 0.29) is 6.04 Å². The van der Waals surface area contributed by atoms with Crippen LogP contribution in [-0.4, -0.2) is 28.6 Å². The van der Waals surface area contributed by atoms with E-state index in [1.165, 1.54) is 17.8 Å². The molecule has 0 aliphatic heterocycles. The molecule has 1 heterocycles. The normalized spacial score (nSPS) is 19.7. The summed E-state index contributed by atoms with van der Waals surface area (Å²) in [6.07, 6.45) is 12.3. The molecule has 3 rings (SSSR count). The van der Waals surface area contributed by atoms with Crippen molar-refractivity contribution < 1.29 is 8.42 Å². The maximum atomic E-state index is 12.7. The number of terminal acetylenes is 1. The molecule has 0 amide bonds. The quantitative estimate of drug-likeness (QED) is 0.742. The third kappa shape index (κ3) is 5.35. The first-order chi connectivity index (χ1) is 12.9. The second kappa shape index (κ2) is 9.41. The van der Waals surface area contributed by atoms with Gasteiger partial charge in [-0.15, -0.1) is 24.2 Å². The Morgan fingerprint density at radius 3 is 2.26 bits per heavy atom. The predicted molar refractivity (Wildman–Crippen MR) is 116 cm³/mol. The van der Waals surface area contributed by atoms with Gasteiger partial charge in [-0.1, -0.05) is 31.9 Å². The summed E-state index contributed by atoms with van der Waals surface area (Å²) in [5.74, 6) is 0.404. The van der Waals surface area contributed by atoms with Gasteiger partial charge in [-0.2, -0.15) is 0 Å². The highest BCUT2D eigenvalue weighted by Gasteiger charge is 2.27. The van der Waals surface area contributed by atoms with Gasteiger partial charge in [-0.05, 0) is 48.6 Å². The van der Waals surface area contributed by atoms with Gasteiger partial charge in [0.2, 0.25) is 10.0 Å². The summed E-state index contributed by atoms with van der Waals surface area (Å²) in [7, 11) is 0.564. The average molecular weight is 405 g/mol. The molecule has 1 aromatic heterocycles. The molecule has 6 heteroatoms. The van der Waals surface area contributed by atoms with Crippen molar-refractivity contribution in [3.05, 3.63) is 36.4 Å². The van der Waals surface area contributed by atoms with E-state index in [4.69, 9.17) is 0 Å². The fraction of sp³-hybridized carbons (Fsp3) is 0.429. The van der Waals surface area contributed by atoms with E-state index in [0.29, 0.717) is 10.1 Å². The molecule has 1 saturated carbocycles. The summed E-state index contributed by atoms with van der Waals surface area (Å²) < 4.78 is 28.8. The van der Waals surface area contributed by atoms with Gasteiger partial charge < -0.3 is 4.90 Å². The van der Waals surface area contributed by atoms with Crippen LogP contribution < -0.4 is 9.62 Å². The van der Waals surface area contributed by atoms with Crippen molar-refractivity contribution >= 4 is 27.0 Å². The molecule has 0 bridgehead atoms. The molecule has 2 aromatic rings. The third-order valence-corrected chi connectivity index (χ3v) is 8.05. The lowest BCUT2D eigenvalue weighted by molar-refractivity contribution is 0.310. The van der Waals surface area contributed by atoms with E-state index in [1.807, 2.05) is 49.3 Å². The van der Waals surface area contributed by atoms with Gasteiger partial charge in [-0.25, -0.2) is 13.1 Å². The molecule has 1 aliphatic carbocycles. The Morgan fingerprint density at radius 2 is 1.67 bits per heavy atom. The number of benzene rings is 1. The topological polar surface area (TPSA) is 49.4 Å². The highest BCUT2D eigenvalue weighted by atomic mass is 32.2. The van der Waals surface area contributed by atoms with Crippen LogP contribution in [-0.2, 0) is 10.0 Å². The average Bonchev–Trinajstić information content (AvgIpc) is 3.16. The van der Waals surface area contributed by atoms with E-state index in [0.717, 1.165) is 35.4 Å². The van der Waals surface area contributed by atoms with Gasteiger partial charge in [0.25, 0.3) is 0 Å². The monoisotopic (exact) mass is 404 g/mol. The molecule has 0 saturated heterocycles. The number of rotatable bonds is 5. The number of nitrogens with zero attached hydrogens (tertiary/aromatic N) is 1. The highest BCUT2D eigenvalue weighted by Crippen LogP contribution is 2.33. The zero-order valence-corrected chi connectivity index (χ0v) is 17.8. The van der Waals surface area contributed by atoms with Crippen LogP contribution in [0, 0.1) is 18.8 Å². The molecule has 0 radical (unpaired) electrons. The van der Waals surface area contributed by atoms with Crippen molar-refractivity contribution in [1.29, 1.82) is 0 Å². The molecule has 1 N–H and O–H groups in total. The van der Waals surface area contributed by atoms with Crippen molar-refractivity contribution in [2.24, 2.45) is 5.92 Å². The maximum absolute atomic E-state index is 12.7. The van der Waals surface area contributed by atoms with Gasteiger partial charge in [0.05, 0.1) is 0 Å². The van der Waals surface area contributed by atoms with Crippen LogP contribution >= 0.6 is 11.3 Å². The molecule has 1 unspecified atom stereocenters. The first kappa shape index (κ1) is 21.5. The first-order valence-electron chi connectivity index (χ1n) is 9.10. The number of thiophene rings is 1. The molecule has 1 aliphatic rings. The lowest BCUT2D eigenvalue weighted by Crippen LogP contribution is -2.40. The lowest BCUT2D eigenvalue weighted by Gasteiger charge is -2.28. The standard InChI is InChI=1S/C19H26N2O2S2.C2H2/c1-14-6-4-5-7-17(14)20-25(22,23)19-13-12-18(24-19)15-8-10-16(11-9-15)21(2)3;1-2/h8-14,17,20H,4-7H2,1-3H3;1-2H/t14?,17-;/m1./s1. The Morgan fingerprint density at radius 1 is 1.04 bits per heavy atom. The third-order valence-electron chi connectivity index (χ3n) is 4.93. The molecular formula is C21H28N2O2S2. The summed E-state index contributed by atoms with van der Waals surface area (Å²) in [6.45, 7) is 2.14. The van der Waals surface area contributed by atoms with Crippen LogP contribution in [0.15, 0.2) is 40.6 Å². The summed E-state index contributed by atoms with van der Waals surface area (Å²) in [6, 6.07) is 11.8. The number of nitrogens with one attached hydrogen (secondary N) is 1. The van der Waals surface area contributed by atoms with Crippen molar-refractivity contribution in [2.75, 3.05) is 19.0 Å². The van der Waals surface area contributed by atoms with E-state index in [1.54, 1.807) is 6.07 Å². The van der Waals surface area contributed by atoms with Crippen molar-refractivity contribution in [1.82, 2.24) is 4.72 Å². The molecule has 1 aromatic carbocycles. The van der Waals surface area contributed by atoms with E-state index in [2.05, 4.69) is 24.5 Å². The van der Waals surface area contributed by atoms with Gasteiger partial charge >= 0.3 is 0 Å². The number of hydrogen-bond acceptors (Lipinski definition) is 4. The van der Waals surface area contributed by atoms with Crippen LogP contribution in [0.1, 0.15) is 32.6 Å². The number of sulfonamides is 1. The fourth-order valence-corrected chi connectivity index (χ4v) is 6.00. The smallest absolute Gasteiger partial charge is 0.250 e. The second-order valence-corrected chi connectivity index (χ2v) is 10.1. The van der Waals surface area contributed by atoms with Crippen molar-refractivity contribution in [3.8, 4) is 23.3 Å². The molecule has 2 atom stereocenters. The minimum Gasteiger partial charge on any atom is -0.378 e. The maximum Gasteiger partial charge on any atom is 0.250 e. The predicted octanol–water partition coefficient (Wildman–Crippen LogP) is 4.59. The Hall–Kier alpha value is -1.81. The Kier molecular flexibility index (Phi) is 7.49. The van der Waals surface area contributed by atoms with Crippen molar-refractivity contribution in [2.45, 2.75) is 42.9 Å². The van der Waals surface area contributed by atoms with Gasteiger partial charge in [0.15, 0.2) is 0 Å². The molecule has 4 nitrogen and oxygen atoms in total. The van der Waals surface area contributed by atoms with E-state index in [9.17, 15) is 8.42 Å². The minimum atomic E-state index is -3.44. The zero-order valence-electron chi connectivity index (χ0n) is 16.2. The first-order valence-corrected chi connectivity index (χ1v) is 11.4. The summed E-state index contributed by atoms with van der Waals surface area (Å²) in [5.41, 5.74) is 2.17. The molecule has 146 valence electrons. The van der Waals surface area contributed by atoms with E-state index < -0.39 is 10.0 Å². The van der Waals surface area contributed by atoms with Crippen LogP contribution in [0.3, 0.4) is 0 Å². The Labute approximate surface area is 167 Å². The zero-order chi connectivity index (χ0) is 20.0. The molecule has 27 heavy (non-hydrogen) atoms. The molecule has 1 fully saturated rings. The number of hydrogen-bond donors (Lipinski definition) is 1. The SMILES string of the molecule is C#C.CC1CCCC[C@H]1NS(=O)(=O)c1ccc(-c2ccc(N(C)C)cc2)s1. The van der Waals surface area contributed by atoms with Gasteiger partial charge in [-0.3, -0.25) is 0 Å². The summed E-state index contributed by atoms with van der Waals surface area (Å²) in [4.78, 5) is 3.02. The fourth-order valence-electron chi connectivity index (χ4n) is 3.29. The number of anilines is 1. The Bertz CT molecular complexity index is 852. The Balaban J connectivity index is 0.00000126. The molecular weight excluding hydrogens is 376 g/mol. The van der Waals surface area contributed by atoms with Crippen LogP contribution in [0.5, 0.6) is 0 Å². The largest absolute Gasteiger partial charge is 0.378 e. The van der Waals surface area contributed by atoms with Crippen molar-refractivity contribution in [3.63, 3.8) is 0 Å². The second-order valence-electron chi connectivity index (χ2n) is 7.05. The van der Waals surface area contributed by atoms with Gasteiger partial charge in [0, 0.05) is 30.7 Å². The van der Waals surface area contributed by atoms with E-state index >= 15 is 0 Å². The summed E-state index contributed by atoms with van der Waals surface area (Å²) >= 11 is 1.33. The summed E-state index contributed by atoms with van der Waals surface area (Å²) in [5, 5.41) is 0. The molecule has 0 spiro atoms. The van der Waals surface area contributed by atoms with Gasteiger partial charge in [0.1, 0.15) is 4.21 Å². The van der Waals surface area contributed by atoms with Crippen LogP contribution in [0.4, 0.5) is 5.69 Å². The van der Waals surface area contributed by atoms with Crippen LogP contribution in [0.2, 0.25) is 0 Å². The highest BCUT2D eigenvalue weighted by molar-refractivity contribution is 7.91. The lowest BCUT2D eigenvalue weighted by atomic mass is 9.87.